The van der Waals surface area contributed by atoms with Crippen LogP contribution in [-0.2, 0) is 20.7 Å². The maximum Gasteiger partial charge on any atom is 0.307 e. The molecule has 6 heteroatoms. The van der Waals surface area contributed by atoms with Crippen molar-refractivity contribution < 1.29 is 19.1 Å². The predicted octanol–water partition coefficient (Wildman–Crippen LogP) is 2.68. The zero-order valence-electron chi connectivity index (χ0n) is 14.8. The lowest BCUT2D eigenvalue weighted by molar-refractivity contribution is -0.143. The Bertz CT molecular complexity index is 791. The third kappa shape index (κ3) is 4.59. The Morgan fingerprint density at radius 2 is 2.08 bits per heavy atom. The summed E-state index contributed by atoms with van der Waals surface area (Å²) in [5.74, 6) is 0.201. The lowest BCUT2D eigenvalue weighted by atomic mass is 10.2. The van der Waals surface area contributed by atoms with Crippen molar-refractivity contribution in [1.29, 1.82) is 0 Å². The van der Waals surface area contributed by atoms with Crippen LogP contribution in [0.5, 0.6) is 5.75 Å². The van der Waals surface area contributed by atoms with E-state index in [1.807, 2.05) is 49.4 Å². The molecule has 1 aliphatic heterocycles. The molecule has 0 bridgehead atoms. The summed E-state index contributed by atoms with van der Waals surface area (Å²) in [7, 11) is 0. The number of fused-ring (bicyclic) bond motifs is 1. The molecule has 0 saturated heterocycles. The number of ether oxygens (including phenoxy) is 2. The van der Waals surface area contributed by atoms with Gasteiger partial charge in [-0.3, -0.25) is 14.6 Å². The minimum atomic E-state index is -0.307. The first-order valence-corrected chi connectivity index (χ1v) is 8.74. The molecule has 0 radical (unpaired) electrons. The van der Waals surface area contributed by atoms with E-state index in [0.29, 0.717) is 18.0 Å². The van der Waals surface area contributed by atoms with Crippen LogP contribution in [0.15, 0.2) is 42.5 Å². The van der Waals surface area contributed by atoms with Crippen LogP contribution in [0.2, 0.25) is 0 Å². The summed E-state index contributed by atoms with van der Waals surface area (Å²) >= 11 is 0. The number of esters is 1. The molecular weight excluding hydrogens is 332 g/mol. The number of hydrogen-bond donors (Lipinski definition) is 0. The van der Waals surface area contributed by atoms with Gasteiger partial charge in [0, 0.05) is 17.9 Å². The fourth-order valence-electron chi connectivity index (χ4n) is 2.85. The maximum atomic E-state index is 12.1. The van der Waals surface area contributed by atoms with Crippen molar-refractivity contribution in [2.24, 2.45) is 0 Å². The molecule has 1 aromatic heterocycles. The molecular formula is C20H22N2O4. The highest BCUT2D eigenvalue weighted by molar-refractivity contribution is 5.98. The largest absolute Gasteiger partial charge is 0.482 e. The summed E-state index contributed by atoms with van der Waals surface area (Å²) in [6.07, 6.45) is 1.65. The van der Waals surface area contributed by atoms with Crippen molar-refractivity contribution >= 4 is 17.6 Å². The zero-order valence-corrected chi connectivity index (χ0v) is 14.8. The predicted molar refractivity (Wildman–Crippen MR) is 97.2 cm³/mol. The van der Waals surface area contributed by atoms with Gasteiger partial charge in [0.05, 0.1) is 18.7 Å². The molecule has 2 heterocycles. The lowest BCUT2D eigenvalue weighted by Crippen LogP contribution is -2.40. The summed E-state index contributed by atoms with van der Waals surface area (Å²) in [6, 6.07) is 13.2. The normalized spacial score (nSPS) is 13.1. The summed E-state index contributed by atoms with van der Waals surface area (Å²) < 4.78 is 10.7. The van der Waals surface area contributed by atoms with Gasteiger partial charge < -0.3 is 14.4 Å². The topological polar surface area (TPSA) is 68.7 Å². The quantitative estimate of drug-likeness (QED) is 0.565. The summed E-state index contributed by atoms with van der Waals surface area (Å²) in [6.45, 7) is 2.59. The van der Waals surface area contributed by atoms with Crippen LogP contribution < -0.4 is 9.64 Å². The van der Waals surface area contributed by atoms with Crippen molar-refractivity contribution in [1.82, 2.24) is 4.98 Å². The number of nitrogens with zero attached hydrogens (tertiary/aromatic N) is 2. The molecule has 0 aliphatic carbocycles. The second kappa shape index (κ2) is 8.47. The number of hydrogen-bond acceptors (Lipinski definition) is 5. The monoisotopic (exact) mass is 354 g/mol. The van der Waals surface area contributed by atoms with Gasteiger partial charge in [-0.15, -0.1) is 0 Å². The van der Waals surface area contributed by atoms with E-state index >= 15 is 0 Å². The van der Waals surface area contributed by atoms with Gasteiger partial charge in [0.1, 0.15) is 5.75 Å². The van der Waals surface area contributed by atoms with Crippen LogP contribution in [0.25, 0.3) is 0 Å². The summed E-state index contributed by atoms with van der Waals surface area (Å²) in [5.41, 5.74) is 2.67. The fourth-order valence-corrected chi connectivity index (χ4v) is 2.85. The van der Waals surface area contributed by atoms with Gasteiger partial charge in [0.25, 0.3) is 5.91 Å². The Balaban J connectivity index is 1.42. The van der Waals surface area contributed by atoms with E-state index in [1.165, 1.54) is 0 Å². The number of carbonyl (C=O) groups is 2. The number of anilines is 1. The maximum absolute atomic E-state index is 12.1. The van der Waals surface area contributed by atoms with Gasteiger partial charge >= 0.3 is 5.97 Å². The molecule has 0 spiro atoms. The van der Waals surface area contributed by atoms with Gasteiger partial charge in [-0.2, -0.15) is 0 Å². The van der Waals surface area contributed by atoms with E-state index in [9.17, 15) is 9.59 Å². The molecule has 0 N–H and O–H groups in total. The molecule has 0 fully saturated rings. The van der Waals surface area contributed by atoms with Crippen molar-refractivity contribution in [3.05, 3.63) is 53.9 Å². The van der Waals surface area contributed by atoms with Crippen LogP contribution in [0.1, 0.15) is 24.2 Å². The minimum Gasteiger partial charge on any atom is -0.482 e. The second-order valence-electron chi connectivity index (χ2n) is 6.15. The van der Waals surface area contributed by atoms with Gasteiger partial charge in [0.15, 0.2) is 6.61 Å². The number of para-hydroxylation sites is 2. The van der Waals surface area contributed by atoms with Gasteiger partial charge in [-0.1, -0.05) is 18.2 Å². The number of amides is 1. The van der Waals surface area contributed by atoms with Crippen molar-refractivity contribution in [2.75, 3.05) is 24.7 Å². The van der Waals surface area contributed by atoms with Crippen molar-refractivity contribution in [3.8, 4) is 5.75 Å². The Morgan fingerprint density at radius 3 is 2.92 bits per heavy atom. The highest BCUT2D eigenvalue weighted by atomic mass is 16.5. The van der Waals surface area contributed by atoms with E-state index in [-0.39, 0.29) is 31.4 Å². The first kappa shape index (κ1) is 17.9. The fraction of sp³-hybridized carbons (Fsp3) is 0.350. The van der Waals surface area contributed by atoms with Crippen LogP contribution >= 0.6 is 0 Å². The van der Waals surface area contributed by atoms with Crippen LogP contribution in [0.3, 0.4) is 0 Å². The molecule has 2 aromatic rings. The van der Waals surface area contributed by atoms with Gasteiger partial charge in [0.2, 0.25) is 0 Å². The average molecular weight is 354 g/mol. The van der Waals surface area contributed by atoms with Gasteiger partial charge in [-0.25, -0.2) is 0 Å². The Kier molecular flexibility index (Phi) is 5.84. The highest BCUT2D eigenvalue weighted by Gasteiger charge is 2.25. The second-order valence-corrected chi connectivity index (χ2v) is 6.15. The molecule has 1 aliphatic rings. The molecule has 6 nitrogen and oxygen atoms in total. The summed E-state index contributed by atoms with van der Waals surface area (Å²) in [5, 5.41) is 0. The standard InChI is InChI=1S/C20H22N2O4/c1-15-6-4-7-16(21-15)8-5-13-25-20(24)11-12-22-17-9-2-3-10-18(17)26-14-19(22)23/h2-4,6-7,9-10H,5,8,11-14H2,1H3. The molecule has 0 atom stereocenters. The van der Waals surface area contributed by atoms with Crippen molar-refractivity contribution in [2.45, 2.75) is 26.2 Å². The number of aryl methyl sites for hydroxylation is 2. The van der Waals surface area contributed by atoms with Crippen LogP contribution in [0.4, 0.5) is 5.69 Å². The number of benzene rings is 1. The number of rotatable bonds is 7. The van der Waals surface area contributed by atoms with E-state index in [4.69, 9.17) is 9.47 Å². The first-order chi connectivity index (χ1) is 12.6. The molecule has 3 rings (SSSR count). The molecule has 0 unspecified atom stereocenters. The third-order valence-electron chi connectivity index (χ3n) is 4.13. The van der Waals surface area contributed by atoms with Crippen LogP contribution in [-0.4, -0.2) is 36.6 Å². The lowest BCUT2D eigenvalue weighted by Gasteiger charge is -2.28. The van der Waals surface area contributed by atoms with Crippen LogP contribution in [0, 0.1) is 6.92 Å². The van der Waals surface area contributed by atoms with E-state index in [1.54, 1.807) is 4.90 Å². The van der Waals surface area contributed by atoms with E-state index in [0.717, 1.165) is 24.2 Å². The Hall–Kier alpha value is -2.89. The SMILES string of the molecule is Cc1cccc(CCCOC(=O)CCN2C(=O)COc3ccccc32)n1. The van der Waals surface area contributed by atoms with E-state index in [2.05, 4.69) is 4.98 Å². The zero-order chi connectivity index (χ0) is 18.4. The van der Waals surface area contributed by atoms with E-state index < -0.39 is 0 Å². The Labute approximate surface area is 152 Å². The first-order valence-electron chi connectivity index (χ1n) is 8.74. The third-order valence-corrected chi connectivity index (χ3v) is 4.13. The number of aromatic nitrogens is 1. The molecule has 0 saturated carbocycles. The van der Waals surface area contributed by atoms with Crippen molar-refractivity contribution in [3.63, 3.8) is 0 Å². The Morgan fingerprint density at radius 1 is 1.23 bits per heavy atom. The number of pyridine rings is 1. The molecule has 136 valence electrons. The molecule has 1 aromatic carbocycles. The molecule has 1 amide bonds. The smallest absolute Gasteiger partial charge is 0.307 e. The molecule has 26 heavy (non-hydrogen) atoms. The minimum absolute atomic E-state index is 0.00441. The number of carbonyl (C=O) groups excluding carboxylic acids is 2. The average Bonchev–Trinajstić information content (AvgIpc) is 2.64. The highest BCUT2D eigenvalue weighted by Crippen LogP contribution is 2.31. The summed E-state index contributed by atoms with van der Waals surface area (Å²) in [4.78, 5) is 30.0. The van der Waals surface area contributed by atoms with Gasteiger partial charge in [-0.05, 0) is 44.0 Å².